The van der Waals surface area contributed by atoms with Crippen LogP contribution in [-0.4, -0.2) is 27.8 Å². The molecule has 6 nitrogen and oxygen atoms in total. The molecule has 1 aromatic carbocycles. The number of benzene rings is 1. The number of aliphatic imine (C=N–C) groups is 1. The molecule has 0 spiro atoms. The Morgan fingerprint density at radius 2 is 2.04 bits per heavy atom. The van der Waals surface area contributed by atoms with Gasteiger partial charge in [-0.1, -0.05) is 29.8 Å². The summed E-state index contributed by atoms with van der Waals surface area (Å²) in [7, 11) is 3.67. The first-order chi connectivity index (χ1) is 10.5. The first-order valence-corrected chi connectivity index (χ1v) is 7.47. The highest BCUT2D eigenvalue weighted by molar-refractivity contribution is 14.0. The molecule has 0 saturated carbocycles. The number of halogens is 2. The van der Waals surface area contributed by atoms with Gasteiger partial charge in [-0.05, 0) is 25.5 Å². The highest BCUT2D eigenvalue weighted by Gasteiger charge is 2.11. The molecule has 0 bridgehead atoms. The van der Waals surface area contributed by atoms with E-state index in [-0.39, 0.29) is 30.0 Å². The molecule has 1 aromatic heterocycles. The maximum atomic E-state index is 6.22. The molecule has 0 aliphatic rings. The van der Waals surface area contributed by atoms with E-state index in [2.05, 4.69) is 25.8 Å². The molecule has 2 N–H and O–H groups in total. The van der Waals surface area contributed by atoms with E-state index < -0.39 is 0 Å². The van der Waals surface area contributed by atoms with Crippen molar-refractivity contribution in [3.8, 4) is 0 Å². The van der Waals surface area contributed by atoms with Gasteiger partial charge in [0.1, 0.15) is 5.82 Å². The quantitative estimate of drug-likeness (QED) is 0.429. The highest BCUT2D eigenvalue weighted by atomic mass is 127. The van der Waals surface area contributed by atoms with Gasteiger partial charge in [0.15, 0.2) is 11.8 Å². The van der Waals surface area contributed by atoms with Gasteiger partial charge < -0.3 is 15.2 Å². The molecule has 0 fully saturated rings. The summed E-state index contributed by atoms with van der Waals surface area (Å²) in [5.74, 6) is 2.42. The van der Waals surface area contributed by atoms with E-state index in [1.807, 2.05) is 49.7 Å². The van der Waals surface area contributed by atoms with Crippen LogP contribution in [0.5, 0.6) is 0 Å². The zero-order valence-corrected chi connectivity index (χ0v) is 16.8. The van der Waals surface area contributed by atoms with Crippen molar-refractivity contribution in [2.24, 2.45) is 12.0 Å². The van der Waals surface area contributed by atoms with Crippen LogP contribution in [0.15, 0.2) is 29.3 Å². The van der Waals surface area contributed by atoms with Crippen molar-refractivity contribution in [1.29, 1.82) is 0 Å². The van der Waals surface area contributed by atoms with Gasteiger partial charge in [0.2, 0.25) is 0 Å². The molecule has 23 heavy (non-hydrogen) atoms. The van der Waals surface area contributed by atoms with Gasteiger partial charge in [-0.2, -0.15) is 0 Å². The average Bonchev–Trinajstić information content (AvgIpc) is 2.83. The smallest absolute Gasteiger partial charge is 0.191 e. The maximum Gasteiger partial charge on any atom is 0.191 e. The third-order valence-electron chi connectivity index (χ3n) is 3.55. The lowest BCUT2D eigenvalue weighted by Crippen LogP contribution is -2.38. The molecule has 1 atom stereocenters. The number of nitrogens with zero attached hydrogens (tertiary/aromatic N) is 4. The summed E-state index contributed by atoms with van der Waals surface area (Å²) in [6.45, 7) is 4.51. The first-order valence-electron chi connectivity index (χ1n) is 7.09. The Morgan fingerprint density at radius 1 is 1.35 bits per heavy atom. The topological polar surface area (TPSA) is 67.1 Å². The number of guanidine groups is 1. The van der Waals surface area contributed by atoms with Crippen LogP contribution in [0.1, 0.15) is 30.2 Å². The van der Waals surface area contributed by atoms with Gasteiger partial charge in [0.25, 0.3) is 0 Å². The number of aromatic nitrogens is 3. The summed E-state index contributed by atoms with van der Waals surface area (Å²) < 4.78 is 1.94. The van der Waals surface area contributed by atoms with Gasteiger partial charge in [0, 0.05) is 19.1 Å². The van der Waals surface area contributed by atoms with Crippen molar-refractivity contribution in [2.45, 2.75) is 26.4 Å². The van der Waals surface area contributed by atoms with Crippen LogP contribution in [0.4, 0.5) is 0 Å². The molecule has 2 rings (SSSR count). The molecule has 1 heterocycles. The Morgan fingerprint density at radius 3 is 2.61 bits per heavy atom. The van der Waals surface area contributed by atoms with E-state index in [9.17, 15) is 0 Å². The summed E-state index contributed by atoms with van der Waals surface area (Å²) in [5.41, 5.74) is 1.03. The minimum absolute atomic E-state index is 0. The molecule has 0 saturated heterocycles. The van der Waals surface area contributed by atoms with Crippen molar-refractivity contribution >= 4 is 41.5 Å². The molecule has 0 amide bonds. The molecule has 2 aromatic rings. The zero-order valence-electron chi connectivity index (χ0n) is 13.7. The van der Waals surface area contributed by atoms with Gasteiger partial charge in [-0.15, -0.1) is 34.2 Å². The summed E-state index contributed by atoms with van der Waals surface area (Å²) in [6.07, 6.45) is 0. The van der Waals surface area contributed by atoms with Crippen LogP contribution in [0.25, 0.3) is 0 Å². The lowest BCUT2D eigenvalue weighted by molar-refractivity contribution is 0.668. The van der Waals surface area contributed by atoms with E-state index in [4.69, 9.17) is 11.6 Å². The summed E-state index contributed by atoms with van der Waals surface area (Å²) in [6, 6.07) is 7.81. The van der Waals surface area contributed by atoms with E-state index in [0.717, 1.165) is 22.2 Å². The Bertz CT molecular complexity index is 670. The molecule has 126 valence electrons. The largest absolute Gasteiger partial charge is 0.350 e. The second-order valence-electron chi connectivity index (χ2n) is 5.04. The van der Waals surface area contributed by atoms with Crippen LogP contribution >= 0.6 is 35.6 Å². The Labute approximate surface area is 158 Å². The predicted molar refractivity (Wildman–Crippen MR) is 104 cm³/mol. The second kappa shape index (κ2) is 9.07. The lowest BCUT2D eigenvalue weighted by atomic mass is 10.1. The maximum absolute atomic E-state index is 6.22. The molecular formula is C15H22ClIN6. The Kier molecular flexibility index (Phi) is 7.77. The molecule has 0 aliphatic heterocycles. The predicted octanol–water partition coefficient (Wildman–Crippen LogP) is 2.82. The van der Waals surface area contributed by atoms with E-state index >= 15 is 0 Å². The number of rotatable bonds is 4. The number of hydrogen-bond donors (Lipinski definition) is 2. The molecule has 1 unspecified atom stereocenters. The normalized spacial score (nSPS) is 12.5. The molecule has 8 heteroatoms. The van der Waals surface area contributed by atoms with E-state index in [1.165, 1.54) is 0 Å². The van der Waals surface area contributed by atoms with Crippen molar-refractivity contribution in [3.63, 3.8) is 0 Å². The van der Waals surface area contributed by atoms with Crippen molar-refractivity contribution in [2.75, 3.05) is 7.05 Å². The minimum Gasteiger partial charge on any atom is -0.350 e. The van der Waals surface area contributed by atoms with E-state index in [0.29, 0.717) is 12.5 Å². The SMILES string of the molecule is CN=C(NCc1nnc(C)n1C)NC(C)c1ccccc1Cl.I. The average molecular weight is 449 g/mol. The minimum atomic E-state index is 0. The van der Waals surface area contributed by atoms with Crippen LogP contribution in [-0.2, 0) is 13.6 Å². The second-order valence-corrected chi connectivity index (χ2v) is 5.44. The molecule has 0 radical (unpaired) electrons. The van der Waals surface area contributed by atoms with Crippen molar-refractivity contribution in [1.82, 2.24) is 25.4 Å². The number of nitrogens with one attached hydrogen (secondary N) is 2. The third-order valence-corrected chi connectivity index (χ3v) is 3.89. The zero-order chi connectivity index (χ0) is 16.1. The first kappa shape index (κ1) is 19.7. The Hall–Kier alpha value is -1.35. The van der Waals surface area contributed by atoms with Crippen LogP contribution in [0, 0.1) is 6.92 Å². The summed E-state index contributed by atoms with van der Waals surface area (Å²) >= 11 is 6.22. The fraction of sp³-hybridized carbons (Fsp3) is 0.400. The standard InChI is InChI=1S/C15H21ClN6.HI/c1-10(12-7-5-6-8-13(12)16)19-15(17-3)18-9-14-21-20-11(2)22(14)4;/h5-8,10H,9H2,1-4H3,(H2,17,18,19);1H. The van der Waals surface area contributed by atoms with Crippen LogP contribution in [0.2, 0.25) is 5.02 Å². The molecule has 0 aliphatic carbocycles. The van der Waals surface area contributed by atoms with Gasteiger partial charge >= 0.3 is 0 Å². The van der Waals surface area contributed by atoms with Gasteiger partial charge in [-0.3, -0.25) is 4.99 Å². The Balaban J connectivity index is 0.00000264. The van der Waals surface area contributed by atoms with Crippen molar-refractivity contribution < 1.29 is 0 Å². The molecular weight excluding hydrogens is 427 g/mol. The number of hydrogen-bond acceptors (Lipinski definition) is 3. The van der Waals surface area contributed by atoms with Gasteiger partial charge in [0.05, 0.1) is 12.6 Å². The van der Waals surface area contributed by atoms with Gasteiger partial charge in [-0.25, -0.2) is 0 Å². The fourth-order valence-corrected chi connectivity index (χ4v) is 2.37. The third kappa shape index (κ3) is 5.07. The summed E-state index contributed by atoms with van der Waals surface area (Å²) in [5, 5.41) is 15.4. The van der Waals surface area contributed by atoms with E-state index in [1.54, 1.807) is 7.05 Å². The van der Waals surface area contributed by atoms with Crippen LogP contribution < -0.4 is 10.6 Å². The fourth-order valence-electron chi connectivity index (χ4n) is 2.07. The number of aryl methyl sites for hydroxylation is 1. The lowest BCUT2D eigenvalue weighted by Gasteiger charge is -2.19. The summed E-state index contributed by atoms with van der Waals surface area (Å²) in [4.78, 5) is 4.23. The highest BCUT2D eigenvalue weighted by Crippen LogP contribution is 2.21. The van der Waals surface area contributed by atoms with Crippen molar-refractivity contribution in [3.05, 3.63) is 46.5 Å². The monoisotopic (exact) mass is 448 g/mol. The van der Waals surface area contributed by atoms with Crippen LogP contribution in [0.3, 0.4) is 0 Å².